The van der Waals surface area contributed by atoms with E-state index in [9.17, 15) is 34.1 Å². The molecule has 5 atom stereocenters. The predicted octanol–water partition coefficient (Wildman–Crippen LogP) is 3.16. The molecule has 10 rings (SSSR count). The third kappa shape index (κ3) is 8.43. The molecule has 0 saturated carbocycles. The lowest BCUT2D eigenvalue weighted by molar-refractivity contribution is -0.0659. The lowest BCUT2D eigenvalue weighted by Crippen LogP contribution is -2.39. The number of aryl methyl sites for hydroxylation is 2. The molecule has 21 heteroatoms. The number of aromatic amines is 1. The highest BCUT2D eigenvalue weighted by Crippen LogP contribution is 2.53. The number of amides is 1. The van der Waals surface area contributed by atoms with Gasteiger partial charge in [-0.05, 0) is 81.3 Å². The summed E-state index contributed by atoms with van der Waals surface area (Å²) in [5.41, 5.74) is 11.2. The first kappa shape index (κ1) is 45.6. The van der Waals surface area contributed by atoms with Crippen molar-refractivity contribution in [2.24, 2.45) is 0 Å². The summed E-state index contributed by atoms with van der Waals surface area (Å²) in [5.74, 6) is -0.163. The number of carboxylic acid groups (broad SMARTS) is 1. The number of carbonyl (C=O) groups excluding carboxylic acids is 1. The maximum Gasteiger partial charge on any atom is 0.472 e. The van der Waals surface area contributed by atoms with Crippen molar-refractivity contribution in [3.05, 3.63) is 96.8 Å². The first-order valence-corrected chi connectivity index (χ1v) is 24.9. The molecular weight excluding hydrogens is 898 g/mol. The van der Waals surface area contributed by atoms with E-state index in [1.807, 2.05) is 0 Å². The number of benzene rings is 3. The average Bonchev–Trinajstić information content (AvgIpc) is 3.84. The van der Waals surface area contributed by atoms with Gasteiger partial charge in [0.25, 0.3) is 11.5 Å². The van der Waals surface area contributed by atoms with Crippen molar-refractivity contribution >= 4 is 54.0 Å². The molecule has 0 spiro atoms. The van der Waals surface area contributed by atoms with E-state index in [0.29, 0.717) is 43.0 Å². The van der Waals surface area contributed by atoms with Crippen molar-refractivity contribution in [3.8, 4) is 11.5 Å². The molecule has 3 aromatic carbocycles. The number of phosphoric acid groups is 1. The van der Waals surface area contributed by atoms with E-state index in [2.05, 4.69) is 73.2 Å². The maximum absolute atomic E-state index is 13.6. The first-order valence-electron chi connectivity index (χ1n) is 23.4. The van der Waals surface area contributed by atoms with Crippen LogP contribution in [-0.4, -0.2) is 111 Å². The summed E-state index contributed by atoms with van der Waals surface area (Å²) in [5, 5.41) is 30.0. The topological polar surface area (TPSA) is 269 Å². The SMILES string of the molecule is CCN1CCCc2cc3c(cc21)Oc1cc2c(cc1=C3c1ccc(C(=O)NCCCCCCNc3nc4c(=O)[nH]c(N)nc4n3[C@@H]3O[C@@H]4COP(=O)(O)O[C@H]4[C@H]3O)cc1C(=O)O)CCC[N+]=2CC. The molecular formula is C47H55N9O11P+. The Bertz CT molecular complexity index is 3100. The summed E-state index contributed by atoms with van der Waals surface area (Å²) in [6.07, 6.45) is 1.97. The lowest BCUT2D eigenvalue weighted by atomic mass is 9.86. The fourth-order valence-corrected chi connectivity index (χ4v) is 11.2. The highest BCUT2D eigenvalue weighted by molar-refractivity contribution is 7.47. The Balaban J connectivity index is 0.822. The zero-order valence-corrected chi connectivity index (χ0v) is 38.7. The Labute approximate surface area is 390 Å². The fraction of sp³-hybridized carbons (Fsp3) is 0.447. The van der Waals surface area contributed by atoms with Crippen LogP contribution in [0.5, 0.6) is 11.5 Å². The highest BCUT2D eigenvalue weighted by Gasteiger charge is 2.53. The second-order valence-electron chi connectivity index (χ2n) is 17.8. The normalized spacial score (nSPS) is 22.7. The van der Waals surface area contributed by atoms with Gasteiger partial charge in [0, 0.05) is 71.8 Å². The molecule has 2 aromatic heterocycles. The number of ether oxygens (including phenoxy) is 2. The van der Waals surface area contributed by atoms with Crippen LogP contribution in [-0.2, 0) is 31.2 Å². The Morgan fingerprint density at radius 1 is 1.00 bits per heavy atom. The number of phosphoric ester groups is 1. The molecule has 358 valence electrons. The van der Waals surface area contributed by atoms with Crippen molar-refractivity contribution in [3.63, 3.8) is 0 Å². The number of unbranched alkanes of at least 4 members (excludes halogenated alkanes) is 3. The molecule has 20 nitrogen and oxygen atoms in total. The maximum atomic E-state index is 13.6. The summed E-state index contributed by atoms with van der Waals surface area (Å²) < 4.78 is 38.5. The minimum Gasteiger partial charge on any atom is -0.478 e. The van der Waals surface area contributed by atoms with E-state index in [-0.39, 0.29) is 46.7 Å². The number of nitrogens with zero attached hydrogens (tertiary/aromatic N) is 5. The smallest absolute Gasteiger partial charge is 0.472 e. The van der Waals surface area contributed by atoms with Gasteiger partial charge in [-0.15, -0.1) is 0 Å². The van der Waals surface area contributed by atoms with Crippen LogP contribution in [0.1, 0.15) is 102 Å². The second-order valence-corrected chi connectivity index (χ2v) is 19.2. The molecule has 68 heavy (non-hydrogen) atoms. The van der Waals surface area contributed by atoms with Crippen molar-refractivity contribution in [1.29, 1.82) is 0 Å². The quantitative estimate of drug-likeness (QED) is 0.0470. The van der Waals surface area contributed by atoms with Crippen molar-refractivity contribution in [2.75, 3.05) is 61.8 Å². The molecule has 1 amide bonds. The number of H-pyrrole nitrogens is 1. The van der Waals surface area contributed by atoms with Gasteiger partial charge in [0.15, 0.2) is 17.4 Å². The number of aliphatic hydroxyl groups excluding tert-OH is 1. The number of hydrogen-bond acceptors (Lipinski definition) is 14. The monoisotopic (exact) mass is 952 g/mol. The molecule has 0 radical (unpaired) electrons. The van der Waals surface area contributed by atoms with Crippen LogP contribution >= 0.6 is 7.82 Å². The standard InChI is InChI=1S/C47H54N9O11P/c1-3-54-17-9-11-25-19-30-34(22-32(25)54)65-35-23-33-26(12-10-18-55(33)4-2)20-31(35)37(30)28-14-13-27(21-29(28)45(60)61)42(58)49-15-7-5-6-8-16-50-47-51-38-41(52-46(48)53-43(38)59)56(47)44-39(57)40-36(66-44)24-64-68(62,63)67-40/h13-14,19-23,36,39-40,44,49,57H,3-12,15-18,24H2,1-2H3,(H5,48,53,58,59,60,61,62,63)/p+1/t36-,39-,40-,44-/m1/s1. The molecule has 5 aliphatic heterocycles. The first-order chi connectivity index (χ1) is 32.8. The number of nitrogens with two attached hydrogens (primary N) is 1. The zero-order chi connectivity index (χ0) is 47.4. The number of carbonyl (C=O) groups is 2. The number of hydrogen-bond donors (Lipinski definition) is 7. The van der Waals surface area contributed by atoms with Gasteiger partial charge in [0.2, 0.25) is 17.3 Å². The Hall–Kier alpha value is -6.15. The van der Waals surface area contributed by atoms with Crippen molar-refractivity contribution in [2.45, 2.75) is 89.8 Å². The average molecular weight is 953 g/mol. The van der Waals surface area contributed by atoms with Gasteiger partial charge >= 0.3 is 13.8 Å². The molecule has 8 N–H and O–H groups in total. The number of carboxylic acids is 1. The van der Waals surface area contributed by atoms with E-state index >= 15 is 0 Å². The van der Waals surface area contributed by atoms with E-state index in [0.717, 1.165) is 92.1 Å². The number of nitrogen functional groups attached to an aromatic ring is 1. The molecule has 1 unspecified atom stereocenters. The predicted molar refractivity (Wildman–Crippen MR) is 251 cm³/mol. The molecule has 5 aromatic rings. The third-order valence-corrected chi connectivity index (χ3v) is 14.5. The van der Waals surface area contributed by atoms with Crippen LogP contribution in [0.3, 0.4) is 0 Å². The molecule has 7 heterocycles. The Kier molecular flexibility index (Phi) is 12.3. The van der Waals surface area contributed by atoms with Crippen LogP contribution in [0, 0.1) is 0 Å². The molecule has 5 aliphatic rings. The van der Waals surface area contributed by atoms with E-state index in [1.54, 1.807) is 12.1 Å². The highest BCUT2D eigenvalue weighted by atomic mass is 31.2. The number of imidazole rings is 1. The van der Waals surface area contributed by atoms with E-state index < -0.39 is 43.9 Å². The zero-order valence-electron chi connectivity index (χ0n) is 37.8. The van der Waals surface area contributed by atoms with E-state index in [4.69, 9.17) is 24.3 Å². The van der Waals surface area contributed by atoms with Crippen LogP contribution in [0.4, 0.5) is 17.6 Å². The molecule has 2 fully saturated rings. The number of nitrogens with one attached hydrogen (secondary N) is 3. The van der Waals surface area contributed by atoms with Crippen LogP contribution < -0.4 is 46.7 Å². The van der Waals surface area contributed by atoms with Gasteiger partial charge in [-0.1, -0.05) is 18.9 Å². The number of anilines is 3. The Morgan fingerprint density at radius 2 is 1.81 bits per heavy atom. The third-order valence-electron chi connectivity index (χ3n) is 13.6. The summed E-state index contributed by atoms with van der Waals surface area (Å²) in [4.78, 5) is 62.7. The van der Waals surface area contributed by atoms with Crippen LogP contribution in [0.15, 0.2) is 47.3 Å². The van der Waals surface area contributed by atoms with Gasteiger partial charge in [0.05, 0.1) is 18.2 Å². The van der Waals surface area contributed by atoms with Gasteiger partial charge in [0.1, 0.15) is 42.9 Å². The fourth-order valence-electron chi connectivity index (χ4n) is 10.3. The number of aliphatic hydroxyl groups is 1. The molecule has 0 bridgehead atoms. The number of aromatic carboxylic acids is 1. The van der Waals surface area contributed by atoms with Crippen molar-refractivity contribution in [1.82, 2.24) is 29.4 Å². The summed E-state index contributed by atoms with van der Waals surface area (Å²) in [7, 11) is -4.39. The van der Waals surface area contributed by atoms with Crippen molar-refractivity contribution < 1.29 is 47.8 Å². The second kappa shape index (κ2) is 18.4. The summed E-state index contributed by atoms with van der Waals surface area (Å²) >= 11 is 0. The lowest BCUT2D eigenvalue weighted by Gasteiger charge is -2.32. The van der Waals surface area contributed by atoms with Gasteiger partial charge in [-0.3, -0.25) is 28.2 Å². The van der Waals surface area contributed by atoms with E-state index in [1.165, 1.54) is 21.8 Å². The van der Waals surface area contributed by atoms with Gasteiger partial charge < -0.3 is 45.8 Å². The number of fused-ring (bicyclic) bond motifs is 6. The minimum absolute atomic E-state index is 0.0304. The molecule has 0 aliphatic carbocycles. The van der Waals surface area contributed by atoms with Gasteiger partial charge in [-0.25, -0.2) is 18.9 Å². The van der Waals surface area contributed by atoms with Gasteiger partial charge in [-0.2, -0.15) is 4.98 Å². The number of rotatable bonds is 14. The number of aromatic nitrogens is 4. The van der Waals surface area contributed by atoms with Crippen LogP contribution in [0.25, 0.3) is 16.7 Å². The Morgan fingerprint density at radius 3 is 2.60 bits per heavy atom. The summed E-state index contributed by atoms with van der Waals surface area (Å²) in [6, 6.07) is 13.5. The summed E-state index contributed by atoms with van der Waals surface area (Å²) in [6.45, 7) is 8.42. The largest absolute Gasteiger partial charge is 0.478 e. The van der Waals surface area contributed by atoms with Crippen LogP contribution in [0.2, 0.25) is 0 Å². The molecule has 2 saturated heterocycles. The minimum atomic E-state index is -4.39.